The quantitative estimate of drug-likeness (QED) is 0.503. The van der Waals surface area contributed by atoms with Gasteiger partial charge in [-0.05, 0) is 31.4 Å². The molecule has 5 heteroatoms. The van der Waals surface area contributed by atoms with Gasteiger partial charge in [-0.3, -0.25) is 0 Å². The third kappa shape index (κ3) is 6.89. The first-order valence-corrected chi connectivity index (χ1v) is 10.1. The molecule has 26 heavy (non-hydrogen) atoms. The number of hydrogen-bond donors (Lipinski definition) is 2. The van der Waals surface area contributed by atoms with Crippen LogP contribution in [0.4, 0.5) is 0 Å². The van der Waals surface area contributed by atoms with Gasteiger partial charge in [-0.25, -0.2) is 0 Å². The van der Waals surface area contributed by atoms with E-state index in [1.807, 2.05) is 0 Å². The smallest absolute Gasteiger partial charge is 0.243 e. The van der Waals surface area contributed by atoms with Crippen molar-refractivity contribution in [2.75, 3.05) is 6.54 Å². The van der Waals surface area contributed by atoms with Crippen LogP contribution in [0.2, 0.25) is 0 Å². The van der Waals surface area contributed by atoms with E-state index in [4.69, 9.17) is 16.0 Å². The summed E-state index contributed by atoms with van der Waals surface area (Å²) in [5, 5.41) is 4.03. The van der Waals surface area contributed by atoms with Crippen LogP contribution in [0.25, 0.3) is 11.4 Å². The van der Waals surface area contributed by atoms with Crippen LogP contribution in [-0.2, 0) is 6.42 Å². The van der Waals surface area contributed by atoms with Gasteiger partial charge < -0.3 is 16.0 Å². The Bertz CT molecular complexity index is 609. The standard InChI is InChI=1S/C21H34N4O/c1-2-3-4-5-6-7-8-9-10-17-11-13-18(14-12-17)20-24-21(26-25-20)19(23)15-16-22/h11-14,19H,2-10,15-16,22-23H2,1H3/t19-/m0/s1. The summed E-state index contributed by atoms with van der Waals surface area (Å²) in [5.41, 5.74) is 13.8. The molecule has 0 fully saturated rings. The maximum Gasteiger partial charge on any atom is 0.243 e. The molecule has 0 radical (unpaired) electrons. The highest BCUT2D eigenvalue weighted by Gasteiger charge is 2.14. The van der Waals surface area contributed by atoms with Crippen molar-refractivity contribution in [1.82, 2.24) is 10.1 Å². The molecule has 144 valence electrons. The van der Waals surface area contributed by atoms with Crippen molar-refractivity contribution in [3.05, 3.63) is 35.7 Å². The molecule has 2 rings (SSSR count). The second kappa shape index (κ2) is 11.8. The molecule has 0 amide bonds. The highest BCUT2D eigenvalue weighted by molar-refractivity contribution is 5.54. The molecule has 5 nitrogen and oxygen atoms in total. The number of nitrogens with two attached hydrogens (primary N) is 2. The SMILES string of the molecule is CCCCCCCCCCc1ccc(-c2noc([C@@H](N)CCN)n2)cc1. The number of aromatic nitrogens is 2. The van der Waals surface area contributed by atoms with Crippen molar-refractivity contribution < 1.29 is 4.52 Å². The molecule has 0 saturated carbocycles. The fourth-order valence-electron chi connectivity index (χ4n) is 3.09. The fourth-order valence-corrected chi connectivity index (χ4v) is 3.09. The van der Waals surface area contributed by atoms with Gasteiger partial charge in [-0.15, -0.1) is 0 Å². The second-order valence-electron chi connectivity index (χ2n) is 7.06. The summed E-state index contributed by atoms with van der Waals surface area (Å²) in [4.78, 5) is 4.39. The normalized spacial score (nSPS) is 12.4. The first-order chi connectivity index (χ1) is 12.7. The van der Waals surface area contributed by atoms with E-state index in [2.05, 4.69) is 41.3 Å². The van der Waals surface area contributed by atoms with E-state index >= 15 is 0 Å². The number of nitrogens with zero attached hydrogens (tertiary/aromatic N) is 2. The summed E-state index contributed by atoms with van der Waals surface area (Å²) in [6.45, 7) is 2.77. The van der Waals surface area contributed by atoms with Crippen LogP contribution in [0.5, 0.6) is 0 Å². The van der Waals surface area contributed by atoms with Crippen LogP contribution in [0.1, 0.15) is 82.2 Å². The summed E-state index contributed by atoms with van der Waals surface area (Å²) in [7, 11) is 0. The maximum absolute atomic E-state index is 5.96. The zero-order valence-corrected chi connectivity index (χ0v) is 16.1. The highest BCUT2D eigenvalue weighted by atomic mass is 16.5. The molecule has 0 saturated heterocycles. The lowest BCUT2D eigenvalue weighted by atomic mass is 10.0. The topological polar surface area (TPSA) is 91.0 Å². The molecule has 1 aromatic heterocycles. The van der Waals surface area contributed by atoms with Crippen LogP contribution in [0.15, 0.2) is 28.8 Å². The third-order valence-electron chi connectivity index (χ3n) is 4.77. The Kier molecular flexibility index (Phi) is 9.35. The van der Waals surface area contributed by atoms with E-state index < -0.39 is 0 Å². The molecule has 0 spiro atoms. The van der Waals surface area contributed by atoms with Crippen LogP contribution in [0.3, 0.4) is 0 Å². The van der Waals surface area contributed by atoms with Crippen LogP contribution >= 0.6 is 0 Å². The van der Waals surface area contributed by atoms with Crippen molar-refractivity contribution in [1.29, 1.82) is 0 Å². The zero-order chi connectivity index (χ0) is 18.6. The van der Waals surface area contributed by atoms with Gasteiger partial charge in [-0.2, -0.15) is 4.98 Å². The third-order valence-corrected chi connectivity index (χ3v) is 4.77. The van der Waals surface area contributed by atoms with Gasteiger partial charge in [0.05, 0.1) is 6.04 Å². The molecule has 1 aromatic carbocycles. The summed E-state index contributed by atoms with van der Waals surface area (Å²) < 4.78 is 5.25. The van der Waals surface area contributed by atoms with E-state index in [1.165, 1.54) is 56.9 Å². The molecule has 0 aliphatic heterocycles. The van der Waals surface area contributed by atoms with Crippen molar-refractivity contribution >= 4 is 0 Å². The number of aryl methyl sites for hydroxylation is 1. The average Bonchev–Trinajstić information content (AvgIpc) is 3.15. The lowest BCUT2D eigenvalue weighted by Crippen LogP contribution is -2.15. The Morgan fingerprint density at radius 1 is 0.962 bits per heavy atom. The first kappa shape index (κ1) is 20.6. The first-order valence-electron chi connectivity index (χ1n) is 10.1. The molecule has 4 N–H and O–H groups in total. The number of unbranched alkanes of at least 4 members (excludes halogenated alkanes) is 7. The summed E-state index contributed by atoms with van der Waals surface area (Å²) in [5.74, 6) is 1.04. The van der Waals surface area contributed by atoms with E-state index in [0.717, 1.165) is 12.0 Å². The Morgan fingerprint density at radius 3 is 2.27 bits per heavy atom. The van der Waals surface area contributed by atoms with Gasteiger partial charge in [0.1, 0.15) is 0 Å². The van der Waals surface area contributed by atoms with E-state index in [1.54, 1.807) is 0 Å². The van der Waals surface area contributed by atoms with Crippen LogP contribution < -0.4 is 11.5 Å². The molecule has 0 bridgehead atoms. The Labute approximate surface area is 157 Å². The number of rotatable bonds is 13. The van der Waals surface area contributed by atoms with Gasteiger partial charge in [0, 0.05) is 5.56 Å². The fraction of sp³-hybridized carbons (Fsp3) is 0.619. The minimum Gasteiger partial charge on any atom is -0.337 e. The molecule has 0 unspecified atom stereocenters. The monoisotopic (exact) mass is 358 g/mol. The van der Waals surface area contributed by atoms with E-state index in [-0.39, 0.29) is 6.04 Å². The molecular weight excluding hydrogens is 324 g/mol. The lowest BCUT2D eigenvalue weighted by molar-refractivity contribution is 0.350. The molecule has 0 aliphatic rings. The zero-order valence-electron chi connectivity index (χ0n) is 16.1. The summed E-state index contributed by atoms with van der Waals surface area (Å²) in [6, 6.07) is 8.15. The van der Waals surface area contributed by atoms with Gasteiger partial charge in [0.2, 0.25) is 11.7 Å². The minimum atomic E-state index is -0.289. The molecule has 1 heterocycles. The minimum absolute atomic E-state index is 0.289. The summed E-state index contributed by atoms with van der Waals surface area (Å²) in [6.07, 6.45) is 12.6. The predicted molar refractivity (Wildman–Crippen MR) is 107 cm³/mol. The predicted octanol–water partition coefficient (Wildman–Crippen LogP) is 4.77. The molecular formula is C21H34N4O. The average molecular weight is 359 g/mol. The van der Waals surface area contributed by atoms with Crippen LogP contribution in [0, 0.1) is 0 Å². The molecule has 0 aliphatic carbocycles. The Morgan fingerprint density at radius 2 is 1.62 bits per heavy atom. The van der Waals surface area contributed by atoms with Gasteiger partial charge in [0.25, 0.3) is 0 Å². The lowest BCUT2D eigenvalue weighted by Gasteiger charge is -2.04. The van der Waals surface area contributed by atoms with E-state index in [9.17, 15) is 0 Å². The van der Waals surface area contributed by atoms with Gasteiger partial charge in [-0.1, -0.05) is 81.3 Å². The number of hydrogen-bond acceptors (Lipinski definition) is 5. The van der Waals surface area contributed by atoms with Crippen molar-refractivity contribution in [2.24, 2.45) is 11.5 Å². The van der Waals surface area contributed by atoms with Crippen molar-refractivity contribution in [3.8, 4) is 11.4 Å². The van der Waals surface area contributed by atoms with Gasteiger partial charge >= 0.3 is 0 Å². The summed E-state index contributed by atoms with van der Waals surface area (Å²) >= 11 is 0. The Balaban J connectivity index is 1.73. The van der Waals surface area contributed by atoms with E-state index in [0.29, 0.717) is 24.7 Å². The van der Waals surface area contributed by atoms with Crippen molar-refractivity contribution in [2.45, 2.75) is 77.2 Å². The molecule has 2 aromatic rings. The maximum atomic E-state index is 5.96. The highest BCUT2D eigenvalue weighted by Crippen LogP contribution is 2.20. The van der Waals surface area contributed by atoms with Crippen LogP contribution in [-0.4, -0.2) is 16.7 Å². The largest absolute Gasteiger partial charge is 0.337 e. The van der Waals surface area contributed by atoms with Crippen molar-refractivity contribution in [3.63, 3.8) is 0 Å². The number of benzene rings is 1. The van der Waals surface area contributed by atoms with Gasteiger partial charge in [0.15, 0.2) is 0 Å². The second-order valence-corrected chi connectivity index (χ2v) is 7.06. The molecule has 1 atom stereocenters. The Hall–Kier alpha value is -1.72.